The first-order valence-electron chi connectivity index (χ1n) is 9.42. The van der Waals surface area contributed by atoms with Crippen LogP contribution in [0.3, 0.4) is 0 Å². The van der Waals surface area contributed by atoms with E-state index in [-0.39, 0.29) is 41.0 Å². The zero-order valence-corrected chi connectivity index (χ0v) is 18.4. The van der Waals surface area contributed by atoms with Crippen LogP contribution in [0.5, 0.6) is 0 Å². The molecular weight excluding hydrogens is 476 g/mol. The van der Waals surface area contributed by atoms with Gasteiger partial charge >= 0.3 is 5.97 Å². The predicted octanol–water partition coefficient (Wildman–Crippen LogP) is -0.537. The van der Waals surface area contributed by atoms with Gasteiger partial charge in [0.2, 0.25) is 5.43 Å². The SMILES string of the molecule is CC[N+](C)(C)C1CN(c2cc3c(cc2F)c(=O)c(C(=O)O)cn3C2CC2)C1.[I-]. The molecule has 2 fully saturated rings. The summed E-state index contributed by atoms with van der Waals surface area (Å²) in [7, 11) is 4.36. The van der Waals surface area contributed by atoms with Crippen LogP contribution in [0.1, 0.15) is 36.2 Å². The number of carboxylic acids is 1. The number of quaternary nitrogens is 1. The molecule has 0 radical (unpaired) electrons. The van der Waals surface area contributed by atoms with E-state index >= 15 is 0 Å². The van der Waals surface area contributed by atoms with Gasteiger partial charge in [-0.25, -0.2) is 9.18 Å². The van der Waals surface area contributed by atoms with Crippen molar-refractivity contribution in [1.29, 1.82) is 0 Å². The fourth-order valence-corrected chi connectivity index (χ4v) is 3.76. The summed E-state index contributed by atoms with van der Waals surface area (Å²) in [5, 5.41) is 9.47. The number of carboxylic acid groups (broad SMARTS) is 1. The lowest BCUT2D eigenvalue weighted by Crippen LogP contribution is -3.00. The van der Waals surface area contributed by atoms with Crippen LogP contribution >= 0.6 is 0 Å². The summed E-state index contributed by atoms with van der Waals surface area (Å²) < 4.78 is 17.5. The minimum Gasteiger partial charge on any atom is -1.00 e. The first-order valence-corrected chi connectivity index (χ1v) is 9.42. The molecule has 1 saturated carbocycles. The van der Waals surface area contributed by atoms with Gasteiger partial charge in [0.25, 0.3) is 0 Å². The van der Waals surface area contributed by atoms with Gasteiger partial charge < -0.3 is 43.0 Å². The van der Waals surface area contributed by atoms with E-state index in [9.17, 15) is 19.1 Å². The second kappa shape index (κ2) is 7.29. The molecule has 8 heteroatoms. The van der Waals surface area contributed by atoms with Crippen molar-refractivity contribution >= 4 is 22.6 Å². The van der Waals surface area contributed by atoms with Crippen molar-refractivity contribution in [1.82, 2.24) is 4.57 Å². The Hall–Kier alpha value is -1.68. The molecule has 1 N–H and O–H groups in total. The van der Waals surface area contributed by atoms with Crippen LogP contribution in [0.25, 0.3) is 10.9 Å². The van der Waals surface area contributed by atoms with E-state index in [1.165, 1.54) is 12.3 Å². The first-order chi connectivity index (χ1) is 12.7. The molecule has 1 aromatic carbocycles. The summed E-state index contributed by atoms with van der Waals surface area (Å²) in [4.78, 5) is 25.9. The smallest absolute Gasteiger partial charge is 0.341 e. The topological polar surface area (TPSA) is 62.5 Å². The highest BCUT2D eigenvalue weighted by Gasteiger charge is 2.39. The number of fused-ring (bicyclic) bond motifs is 1. The van der Waals surface area contributed by atoms with Crippen molar-refractivity contribution in [2.45, 2.75) is 31.8 Å². The van der Waals surface area contributed by atoms with Gasteiger partial charge in [0.15, 0.2) is 0 Å². The maximum absolute atomic E-state index is 14.8. The van der Waals surface area contributed by atoms with Crippen LogP contribution in [-0.4, -0.2) is 59.9 Å². The average Bonchev–Trinajstić information content (AvgIpc) is 3.39. The third kappa shape index (κ3) is 3.41. The second-order valence-corrected chi connectivity index (χ2v) is 8.29. The van der Waals surface area contributed by atoms with Crippen molar-refractivity contribution in [2.24, 2.45) is 0 Å². The molecule has 0 amide bonds. The summed E-state index contributed by atoms with van der Waals surface area (Å²) >= 11 is 0. The van der Waals surface area contributed by atoms with Gasteiger partial charge in [0.05, 0.1) is 44.9 Å². The molecule has 1 aromatic heterocycles. The number of benzene rings is 1. The van der Waals surface area contributed by atoms with Crippen LogP contribution in [0.2, 0.25) is 0 Å². The molecule has 0 spiro atoms. The Kier molecular flexibility index (Phi) is 5.48. The standard InChI is InChI=1S/C20H24FN3O3.HI/c1-4-24(2,3)13-9-22(10-13)18-8-17-14(7-16(18)21)19(25)15(20(26)27)11-23(17)12-5-6-12;/h7-8,11-13H,4-6,9-10H2,1-3H3;1H. The number of likely N-dealkylation sites (N-methyl/N-ethyl adjacent to an activating group) is 1. The number of hydrogen-bond acceptors (Lipinski definition) is 3. The van der Waals surface area contributed by atoms with E-state index in [1.807, 2.05) is 9.47 Å². The first kappa shape index (κ1) is 21.0. The maximum atomic E-state index is 14.8. The lowest BCUT2D eigenvalue weighted by atomic mass is 10.0. The van der Waals surface area contributed by atoms with Gasteiger partial charge in [0, 0.05) is 17.6 Å². The van der Waals surface area contributed by atoms with E-state index in [0.717, 1.165) is 37.0 Å². The zero-order valence-electron chi connectivity index (χ0n) is 16.3. The highest BCUT2D eigenvalue weighted by atomic mass is 127. The Labute approximate surface area is 180 Å². The van der Waals surface area contributed by atoms with Crippen molar-refractivity contribution in [3.63, 3.8) is 0 Å². The number of rotatable bonds is 5. The van der Waals surface area contributed by atoms with Crippen molar-refractivity contribution in [2.75, 3.05) is 38.6 Å². The highest BCUT2D eigenvalue weighted by Crippen LogP contribution is 2.38. The number of aromatic nitrogens is 1. The quantitative estimate of drug-likeness (QED) is 0.442. The van der Waals surface area contributed by atoms with Gasteiger partial charge in [-0.2, -0.15) is 0 Å². The molecule has 1 aliphatic carbocycles. The fraction of sp³-hybridized carbons (Fsp3) is 0.500. The second-order valence-electron chi connectivity index (χ2n) is 8.29. The Morgan fingerprint density at radius 1 is 1.29 bits per heavy atom. The Bertz CT molecular complexity index is 994. The monoisotopic (exact) mass is 501 g/mol. The number of aromatic carboxylic acids is 1. The number of anilines is 1. The molecule has 1 aliphatic heterocycles. The predicted molar refractivity (Wildman–Crippen MR) is 102 cm³/mol. The molecular formula is C20H25FIN3O3. The lowest BCUT2D eigenvalue weighted by Gasteiger charge is -2.49. The summed E-state index contributed by atoms with van der Waals surface area (Å²) in [5.41, 5.74) is 0.195. The van der Waals surface area contributed by atoms with Crippen LogP contribution in [0.4, 0.5) is 10.1 Å². The third-order valence-electron chi connectivity index (χ3n) is 6.28. The van der Waals surface area contributed by atoms with Gasteiger partial charge in [-0.15, -0.1) is 0 Å². The molecule has 2 heterocycles. The number of pyridine rings is 1. The Morgan fingerprint density at radius 2 is 1.93 bits per heavy atom. The van der Waals surface area contributed by atoms with Gasteiger partial charge in [-0.05, 0) is 31.9 Å². The van der Waals surface area contributed by atoms with E-state index in [0.29, 0.717) is 17.2 Å². The maximum Gasteiger partial charge on any atom is 0.341 e. The van der Waals surface area contributed by atoms with Crippen LogP contribution in [0, 0.1) is 5.82 Å². The van der Waals surface area contributed by atoms with E-state index in [2.05, 4.69) is 21.0 Å². The number of carbonyl (C=O) groups is 1. The number of halogens is 2. The highest BCUT2D eigenvalue weighted by molar-refractivity contribution is 5.93. The minimum absolute atomic E-state index is 0. The molecule has 0 bridgehead atoms. The van der Waals surface area contributed by atoms with Gasteiger partial charge in [-0.3, -0.25) is 4.79 Å². The van der Waals surface area contributed by atoms with E-state index in [1.54, 1.807) is 6.07 Å². The minimum atomic E-state index is -1.27. The number of hydrogen-bond donors (Lipinski definition) is 1. The van der Waals surface area contributed by atoms with E-state index < -0.39 is 17.2 Å². The fourth-order valence-electron chi connectivity index (χ4n) is 3.76. The van der Waals surface area contributed by atoms with E-state index in [4.69, 9.17) is 0 Å². The molecule has 2 aliphatic rings. The summed E-state index contributed by atoms with van der Waals surface area (Å²) in [6, 6.07) is 3.57. The van der Waals surface area contributed by atoms with Crippen molar-refractivity contribution in [3.8, 4) is 0 Å². The normalized spacial score (nSPS) is 17.4. The number of nitrogens with zero attached hydrogens (tertiary/aromatic N) is 3. The van der Waals surface area contributed by atoms with Gasteiger partial charge in [0.1, 0.15) is 17.4 Å². The van der Waals surface area contributed by atoms with Gasteiger partial charge in [-0.1, -0.05) is 0 Å². The Morgan fingerprint density at radius 3 is 2.46 bits per heavy atom. The zero-order chi connectivity index (χ0) is 19.5. The molecule has 1 saturated heterocycles. The summed E-state index contributed by atoms with van der Waals surface area (Å²) in [5.74, 6) is -1.74. The summed E-state index contributed by atoms with van der Waals surface area (Å²) in [6.45, 7) is 4.69. The molecule has 0 atom stereocenters. The molecule has 0 unspecified atom stereocenters. The van der Waals surface area contributed by atoms with Crippen LogP contribution in [-0.2, 0) is 0 Å². The molecule has 2 aromatic rings. The largest absolute Gasteiger partial charge is 1.00 e. The van der Waals surface area contributed by atoms with Crippen molar-refractivity contribution < 1.29 is 42.8 Å². The average molecular weight is 501 g/mol. The summed E-state index contributed by atoms with van der Waals surface area (Å²) in [6.07, 6.45) is 3.30. The molecule has 4 rings (SSSR count). The Balaban J connectivity index is 0.00000225. The molecule has 152 valence electrons. The third-order valence-corrected chi connectivity index (χ3v) is 6.28. The van der Waals surface area contributed by atoms with Crippen LogP contribution in [0.15, 0.2) is 23.1 Å². The molecule has 6 nitrogen and oxygen atoms in total. The lowest BCUT2D eigenvalue weighted by molar-refractivity contribution is -0.914. The van der Waals surface area contributed by atoms with Crippen molar-refractivity contribution in [3.05, 3.63) is 39.9 Å². The molecule has 28 heavy (non-hydrogen) atoms. The van der Waals surface area contributed by atoms with Crippen LogP contribution < -0.4 is 34.3 Å².